The number of nitrogens with zero attached hydrogens (tertiary/aromatic N) is 3. The fourth-order valence-corrected chi connectivity index (χ4v) is 3.30. The van der Waals surface area contributed by atoms with Crippen molar-refractivity contribution in [1.29, 1.82) is 5.26 Å². The molecule has 5 nitrogen and oxygen atoms in total. The molecule has 0 radical (unpaired) electrons. The van der Waals surface area contributed by atoms with Crippen molar-refractivity contribution in [2.75, 3.05) is 0 Å². The van der Waals surface area contributed by atoms with Gasteiger partial charge >= 0.3 is 23.9 Å². The molecule has 2 aromatic rings. The van der Waals surface area contributed by atoms with E-state index in [2.05, 4.69) is 4.74 Å². The molecular formula is C17H10ClF8N3O2. The molecule has 168 valence electrons. The fourth-order valence-electron chi connectivity index (χ4n) is 3.11. The molecule has 1 aliphatic rings. The number of benzene rings is 1. The maximum absolute atomic E-state index is 14.5. The van der Waals surface area contributed by atoms with E-state index < -0.39 is 46.2 Å². The zero-order chi connectivity index (χ0) is 23.4. The minimum atomic E-state index is -6.67. The first kappa shape index (κ1) is 22.9. The molecule has 0 amide bonds. The third-order valence-corrected chi connectivity index (χ3v) is 4.89. The van der Waals surface area contributed by atoms with Crippen molar-refractivity contribution in [3.05, 3.63) is 44.8 Å². The molecule has 31 heavy (non-hydrogen) atoms. The van der Waals surface area contributed by atoms with Crippen molar-refractivity contribution in [2.24, 2.45) is 0 Å². The molecule has 3 rings (SSSR count). The molecule has 0 saturated carbocycles. The van der Waals surface area contributed by atoms with Crippen molar-refractivity contribution >= 4 is 11.6 Å². The van der Waals surface area contributed by atoms with E-state index >= 15 is 0 Å². The van der Waals surface area contributed by atoms with Gasteiger partial charge in [-0.25, -0.2) is 13.8 Å². The van der Waals surface area contributed by atoms with E-state index in [0.717, 1.165) is 4.57 Å². The minimum Gasteiger partial charge on any atom is -0.426 e. The average molecular weight is 476 g/mol. The number of halogens is 9. The first-order chi connectivity index (χ1) is 14.2. The van der Waals surface area contributed by atoms with Crippen LogP contribution in [0.25, 0.3) is 5.69 Å². The summed E-state index contributed by atoms with van der Waals surface area (Å²) in [4.78, 5) is 12.6. The van der Waals surface area contributed by atoms with Crippen LogP contribution in [0.3, 0.4) is 0 Å². The van der Waals surface area contributed by atoms with Crippen molar-refractivity contribution in [3.8, 4) is 17.5 Å². The summed E-state index contributed by atoms with van der Waals surface area (Å²) in [5, 5.41) is 8.34. The number of rotatable bonds is 4. The number of ether oxygens (including phenoxy) is 1. The molecule has 2 heterocycles. The van der Waals surface area contributed by atoms with E-state index in [1.807, 2.05) is 0 Å². The van der Waals surface area contributed by atoms with Crippen molar-refractivity contribution in [2.45, 2.75) is 44.0 Å². The quantitative estimate of drug-likeness (QED) is 0.596. The van der Waals surface area contributed by atoms with Gasteiger partial charge in [0, 0.05) is 12.6 Å². The van der Waals surface area contributed by atoms with Gasteiger partial charge in [-0.2, -0.15) is 36.0 Å². The molecule has 1 aromatic carbocycles. The summed E-state index contributed by atoms with van der Waals surface area (Å²) in [6, 6.07) is 2.23. The Morgan fingerprint density at radius 2 is 1.74 bits per heavy atom. The summed E-state index contributed by atoms with van der Waals surface area (Å²) in [6.45, 7) is 0.185. The molecule has 14 heteroatoms. The lowest BCUT2D eigenvalue weighted by Crippen LogP contribution is -2.55. The number of hydrogen-bond donors (Lipinski definition) is 0. The van der Waals surface area contributed by atoms with Gasteiger partial charge in [0.25, 0.3) is 0 Å². The molecule has 0 bridgehead atoms. The van der Waals surface area contributed by atoms with Crippen LogP contribution in [-0.2, 0) is 13.0 Å². The molecule has 0 spiro atoms. The average Bonchev–Trinajstić information content (AvgIpc) is 2.95. The molecule has 1 aromatic heterocycles. The van der Waals surface area contributed by atoms with Crippen LogP contribution >= 0.6 is 11.6 Å². The second kappa shape index (κ2) is 7.44. The highest BCUT2D eigenvalue weighted by Crippen LogP contribution is 2.48. The van der Waals surface area contributed by atoms with Gasteiger partial charge < -0.3 is 4.74 Å². The number of aromatic nitrogens is 2. The second-order valence-corrected chi connectivity index (χ2v) is 6.97. The lowest BCUT2D eigenvalue weighted by molar-refractivity contribution is -0.402. The third-order valence-electron chi connectivity index (χ3n) is 4.60. The zero-order valence-electron chi connectivity index (χ0n) is 15.0. The first-order valence-corrected chi connectivity index (χ1v) is 8.86. The summed E-state index contributed by atoms with van der Waals surface area (Å²) in [5.74, 6) is -9.39. The standard InChI is InChI=1S/C17H10ClF8N3O2/c18-8-5-9(19)11(6-13(8)31-17(25,26)15(20,21)16(22,23)24)29-12(7-27)10-3-1-2-4-28(10)14(29)30/h5-6H,1-4H2. The van der Waals surface area contributed by atoms with E-state index in [1.165, 1.54) is 0 Å². The van der Waals surface area contributed by atoms with E-state index in [4.69, 9.17) is 11.6 Å². The lowest BCUT2D eigenvalue weighted by Gasteiger charge is -2.28. The van der Waals surface area contributed by atoms with Gasteiger partial charge in [0.15, 0.2) is 0 Å². The minimum absolute atomic E-state index is 0.185. The predicted molar refractivity (Wildman–Crippen MR) is 89.2 cm³/mol. The molecule has 0 unspecified atom stereocenters. The molecule has 0 saturated heterocycles. The fraction of sp³-hybridized carbons (Fsp3) is 0.412. The van der Waals surface area contributed by atoms with E-state index in [-0.39, 0.29) is 36.5 Å². The molecule has 0 fully saturated rings. The second-order valence-electron chi connectivity index (χ2n) is 6.56. The lowest BCUT2D eigenvalue weighted by atomic mass is 10.1. The number of fused-ring (bicyclic) bond motifs is 1. The molecule has 0 aliphatic carbocycles. The van der Waals surface area contributed by atoms with Crippen LogP contribution in [0.4, 0.5) is 35.1 Å². The van der Waals surface area contributed by atoms with Crippen LogP contribution in [0.2, 0.25) is 5.02 Å². The molecular weight excluding hydrogens is 466 g/mol. The summed E-state index contributed by atoms with van der Waals surface area (Å²) in [5.41, 5.74) is -1.91. The van der Waals surface area contributed by atoms with Gasteiger partial charge in [-0.15, -0.1) is 0 Å². The maximum atomic E-state index is 14.5. The first-order valence-electron chi connectivity index (χ1n) is 8.48. The van der Waals surface area contributed by atoms with Crippen LogP contribution in [-0.4, -0.2) is 27.3 Å². The van der Waals surface area contributed by atoms with Crippen LogP contribution < -0.4 is 10.4 Å². The van der Waals surface area contributed by atoms with Crippen LogP contribution in [0.5, 0.6) is 5.75 Å². The Labute approximate surface area is 173 Å². The number of hydrogen-bond acceptors (Lipinski definition) is 3. The van der Waals surface area contributed by atoms with E-state index in [1.54, 1.807) is 6.07 Å². The summed E-state index contributed by atoms with van der Waals surface area (Å²) in [7, 11) is 0. The number of imidazole rings is 1. The highest BCUT2D eigenvalue weighted by Gasteiger charge is 2.75. The van der Waals surface area contributed by atoms with E-state index in [0.29, 0.717) is 17.4 Å². The SMILES string of the molecule is N#Cc1c2n(c(=O)n1-c1cc(OC(F)(F)C(F)(F)C(F)(F)F)c(Cl)cc1F)CCCC2. The van der Waals surface area contributed by atoms with E-state index in [9.17, 15) is 45.2 Å². The van der Waals surface area contributed by atoms with Crippen LogP contribution in [0, 0.1) is 17.1 Å². The van der Waals surface area contributed by atoms with Gasteiger partial charge in [0.05, 0.1) is 16.4 Å². The van der Waals surface area contributed by atoms with Crippen molar-refractivity contribution in [1.82, 2.24) is 9.13 Å². The van der Waals surface area contributed by atoms with Gasteiger partial charge in [0.1, 0.15) is 23.3 Å². The molecule has 1 aliphatic heterocycles. The van der Waals surface area contributed by atoms with Crippen molar-refractivity contribution < 1.29 is 39.9 Å². The summed E-state index contributed by atoms with van der Waals surface area (Å²) >= 11 is 5.49. The predicted octanol–water partition coefficient (Wildman–Crippen LogP) is 4.81. The monoisotopic (exact) mass is 475 g/mol. The van der Waals surface area contributed by atoms with Gasteiger partial charge in [-0.3, -0.25) is 4.57 Å². The Kier molecular flexibility index (Phi) is 5.50. The largest absolute Gasteiger partial charge is 0.474 e. The van der Waals surface area contributed by atoms with Crippen LogP contribution in [0.15, 0.2) is 16.9 Å². The Balaban J connectivity index is 2.16. The summed E-state index contributed by atoms with van der Waals surface area (Å²) < 4.78 is 110. The number of alkyl halides is 7. The van der Waals surface area contributed by atoms with Crippen LogP contribution in [0.1, 0.15) is 24.2 Å². The summed E-state index contributed by atoms with van der Waals surface area (Å²) in [6.07, 6.45) is -11.3. The van der Waals surface area contributed by atoms with Crippen molar-refractivity contribution in [3.63, 3.8) is 0 Å². The highest BCUT2D eigenvalue weighted by molar-refractivity contribution is 6.32. The number of nitriles is 1. The van der Waals surface area contributed by atoms with Gasteiger partial charge in [-0.05, 0) is 25.3 Å². The Morgan fingerprint density at radius 1 is 1.10 bits per heavy atom. The Bertz CT molecular complexity index is 1130. The molecule has 0 atom stereocenters. The Hall–Kier alpha value is -2.75. The van der Waals surface area contributed by atoms with Gasteiger partial charge in [-0.1, -0.05) is 11.6 Å². The normalized spacial score (nSPS) is 14.8. The zero-order valence-corrected chi connectivity index (χ0v) is 15.8. The van der Waals surface area contributed by atoms with Gasteiger partial charge in [0.2, 0.25) is 0 Å². The Morgan fingerprint density at radius 3 is 2.32 bits per heavy atom. The maximum Gasteiger partial charge on any atom is 0.474 e. The highest BCUT2D eigenvalue weighted by atomic mass is 35.5. The topological polar surface area (TPSA) is 60.0 Å². The molecule has 0 N–H and O–H groups in total. The third kappa shape index (κ3) is 3.62. The smallest absolute Gasteiger partial charge is 0.426 e.